The number of aromatic nitrogens is 3. The van der Waals surface area contributed by atoms with E-state index in [0.717, 1.165) is 24.6 Å². The van der Waals surface area contributed by atoms with Crippen molar-refractivity contribution in [3.63, 3.8) is 0 Å². The fraction of sp³-hybridized carbons (Fsp3) is 0.333. The van der Waals surface area contributed by atoms with Gasteiger partial charge in [-0.05, 0) is 48.9 Å². The van der Waals surface area contributed by atoms with Gasteiger partial charge in [0.15, 0.2) is 6.61 Å². The number of carboxylic acid groups (broad SMARTS) is 1. The molecule has 0 saturated carbocycles. The largest absolute Gasteiger partial charge is 0.544 e. The van der Waals surface area contributed by atoms with Crippen LogP contribution in [-0.4, -0.2) is 40.3 Å². The van der Waals surface area contributed by atoms with Crippen LogP contribution in [0.2, 0.25) is 0 Å². The molecular weight excluding hydrogens is 370 g/mol. The van der Waals surface area contributed by atoms with Gasteiger partial charge in [-0.2, -0.15) is 0 Å². The molecule has 1 heterocycles. The van der Waals surface area contributed by atoms with E-state index < -0.39 is 11.9 Å². The van der Waals surface area contributed by atoms with Gasteiger partial charge in [0.1, 0.15) is 11.6 Å². The Hall–Kier alpha value is -2.81. The molecule has 0 aliphatic rings. The molecule has 0 bridgehead atoms. The summed E-state index contributed by atoms with van der Waals surface area (Å²) in [6.07, 6.45) is 3.11. The van der Waals surface area contributed by atoms with E-state index in [4.69, 9.17) is 9.47 Å². The zero-order valence-electron chi connectivity index (χ0n) is 15.1. The lowest BCUT2D eigenvalue weighted by Crippen LogP contribution is -2.23. The molecule has 1 aromatic heterocycles. The van der Waals surface area contributed by atoms with E-state index in [-0.39, 0.29) is 11.5 Å². The number of carboxylic acids is 1. The fourth-order valence-corrected chi connectivity index (χ4v) is 2.78. The summed E-state index contributed by atoms with van der Waals surface area (Å²) in [5.41, 5.74) is 0.634. The average Bonchev–Trinajstić information content (AvgIpc) is 3.08. The highest BCUT2D eigenvalue weighted by atomic mass is 32.2. The Labute approximate surface area is 161 Å². The van der Waals surface area contributed by atoms with Crippen LogP contribution in [0, 0.1) is 0 Å². The number of ether oxygens (including phenoxy) is 2. The second kappa shape index (κ2) is 10.4. The molecule has 0 atom stereocenters. The van der Waals surface area contributed by atoms with Crippen molar-refractivity contribution in [3.05, 3.63) is 40.6 Å². The SMILES string of the molecule is CCCc1nc(S/C(=C\c2ccc(OCC(=O)OCC)cc2)C(=O)[O-])n[nH]1. The van der Waals surface area contributed by atoms with Crippen molar-refractivity contribution in [1.29, 1.82) is 0 Å². The second-order valence-electron chi connectivity index (χ2n) is 5.38. The molecule has 8 nitrogen and oxygen atoms in total. The number of carbonyl (C=O) groups is 2. The van der Waals surface area contributed by atoms with Gasteiger partial charge in [-0.3, -0.25) is 5.10 Å². The van der Waals surface area contributed by atoms with Crippen LogP contribution in [0.4, 0.5) is 0 Å². The van der Waals surface area contributed by atoms with Crippen molar-refractivity contribution >= 4 is 29.8 Å². The summed E-state index contributed by atoms with van der Waals surface area (Å²) in [6.45, 7) is 3.84. The van der Waals surface area contributed by atoms with Gasteiger partial charge >= 0.3 is 5.97 Å². The summed E-state index contributed by atoms with van der Waals surface area (Å²) in [5.74, 6) is -0.586. The third kappa shape index (κ3) is 6.78. The first-order valence-corrected chi connectivity index (χ1v) is 9.24. The minimum atomic E-state index is -1.32. The number of benzene rings is 1. The topological polar surface area (TPSA) is 117 Å². The van der Waals surface area contributed by atoms with Crippen LogP contribution in [0.15, 0.2) is 34.3 Å². The van der Waals surface area contributed by atoms with Crippen LogP contribution in [0.25, 0.3) is 6.08 Å². The van der Waals surface area contributed by atoms with Crippen LogP contribution in [0.5, 0.6) is 5.75 Å². The van der Waals surface area contributed by atoms with Gasteiger partial charge in [-0.1, -0.05) is 19.1 Å². The summed E-state index contributed by atoms with van der Waals surface area (Å²) in [4.78, 5) is 26.9. The van der Waals surface area contributed by atoms with Gasteiger partial charge < -0.3 is 19.4 Å². The predicted molar refractivity (Wildman–Crippen MR) is 97.8 cm³/mol. The zero-order chi connectivity index (χ0) is 19.6. The van der Waals surface area contributed by atoms with E-state index in [1.54, 1.807) is 31.2 Å². The van der Waals surface area contributed by atoms with Crippen molar-refractivity contribution < 1.29 is 24.2 Å². The summed E-state index contributed by atoms with van der Waals surface area (Å²) in [6, 6.07) is 6.61. The Morgan fingerprint density at radius 3 is 2.63 bits per heavy atom. The first-order valence-electron chi connectivity index (χ1n) is 8.42. The quantitative estimate of drug-likeness (QED) is 0.369. The number of carbonyl (C=O) groups excluding carboxylic acids is 2. The Morgan fingerprint density at radius 2 is 2.00 bits per heavy atom. The summed E-state index contributed by atoms with van der Waals surface area (Å²) in [7, 11) is 0. The molecule has 0 aliphatic carbocycles. The van der Waals surface area contributed by atoms with E-state index in [9.17, 15) is 14.7 Å². The Balaban J connectivity index is 2.03. The monoisotopic (exact) mass is 390 g/mol. The number of aromatic amines is 1. The fourth-order valence-electron chi connectivity index (χ4n) is 2.06. The highest BCUT2D eigenvalue weighted by molar-refractivity contribution is 8.04. The van der Waals surface area contributed by atoms with E-state index in [1.165, 1.54) is 6.08 Å². The molecule has 144 valence electrons. The molecule has 2 aromatic rings. The Morgan fingerprint density at radius 1 is 1.26 bits per heavy atom. The van der Waals surface area contributed by atoms with Crippen LogP contribution in [0.1, 0.15) is 31.7 Å². The number of hydrogen-bond acceptors (Lipinski definition) is 8. The third-order valence-electron chi connectivity index (χ3n) is 3.24. The number of aryl methyl sites for hydroxylation is 1. The van der Waals surface area contributed by atoms with E-state index in [2.05, 4.69) is 15.2 Å². The van der Waals surface area contributed by atoms with Crippen LogP contribution < -0.4 is 9.84 Å². The van der Waals surface area contributed by atoms with Gasteiger partial charge in [-0.15, -0.1) is 5.10 Å². The summed E-state index contributed by atoms with van der Waals surface area (Å²) in [5, 5.41) is 18.5. The smallest absolute Gasteiger partial charge is 0.344 e. The maximum Gasteiger partial charge on any atom is 0.344 e. The van der Waals surface area contributed by atoms with Crippen molar-refractivity contribution in [1.82, 2.24) is 15.2 Å². The average molecular weight is 390 g/mol. The lowest BCUT2D eigenvalue weighted by atomic mass is 10.2. The zero-order valence-corrected chi connectivity index (χ0v) is 15.9. The van der Waals surface area contributed by atoms with Crippen molar-refractivity contribution in [3.8, 4) is 5.75 Å². The molecule has 0 radical (unpaired) electrons. The first-order chi connectivity index (χ1) is 13.0. The van der Waals surface area contributed by atoms with Gasteiger partial charge in [0.05, 0.1) is 12.6 Å². The molecule has 2 rings (SSSR count). The number of hydrogen-bond donors (Lipinski definition) is 1. The Bertz CT molecular complexity index is 802. The van der Waals surface area contributed by atoms with Crippen molar-refractivity contribution in [2.75, 3.05) is 13.2 Å². The number of esters is 1. The minimum Gasteiger partial charge on any atom is -0.544 e. The molecule has 1 aromatic carbocycles. The molecule has 0 unspecified atom stereocenters. The van der Waals surface area contributed by atoms with E-state index in [0.29, 0.717) is 28.9 Å². The first kappa shape index (κ1) is 20.5. The maximum atomic E-state index is 11.4. The molecule has 0 saturated heterocycles. The van der Waals surface area contributed by atoms with Crippen LogP contribution in [-0.2, 0) is 20.7 Å². The lowest BCUT2D eigenvalue weighted by molar-refractivity contribution is -0.298. The molecule has 1 N–H and O–H groups in total. The van der Waals surface area contributed by atoms with Crippen LogP contribution in [0.3, 0.4) is 0 Å². The van der Waals surface area contributed by atoms with Gasteiger partial charge in [0.2, 0.25) is 5.16 Å². The number of aliphatic carboxylic acids is 1. The number of nitrogens with one attached hydrogen (secondary N) is 1. The van der Waals surface area contributed by atoms with Gasteiger partial charge in [-0.25, -0.2) is 9.78 Å². The highest BCUT2D eigenvalue weighted by Crippen LogP contribution is 2.25. The number of rotatable bonds is 10. The number of nitrogens with zero attached hydrogens (tertiary/aromatic N) is 2. The molecule has 9 heteroatoms. The molecule has 27 heavy (non-hydrogen) atoms. The van der Waals surface area contributed by atoms with Crippen molar-refractivity contribution in [2.45, 2.75) is 31.8 Å². The van der Waals surface area contributed by atoms with Gasteiger partial charge in [0, 0.05) is 11.3 Å². The molecule has 0 amide bonds. The third-order valence-corrected chi connectivity index (χ3v) is 4.11. The predicted octanol–water partition coefficient (Wildman–Crippen LogP) is 1.58. The summed E-state index contributed by atoms with van der Waals surface area (Å²) >= 11 is 0.915. The second-order valence-corrected chi connectivity index (χ2v) is 6.38. The Kier molecular flexibility index (Phi) is 7.87. The molecule has 0 aliphatic heterocycles. The summed E-state index contributed by atoms with van der Waals surface area (Å²) < 4.78 is 10.1. The van der Waals surface area contributed by atoms with Crippen LogP contribution >= 0.6 is 11.8 Å². The molecular formula is C18H20N3O5S-. The van der Waals surface area contributed by atoms with Gasteiger partial charge in [0.25, 0.3) is 0 Å². The number of H-pyrrole nitrogens is 1. The maximum absolute atomic E-state index is 11.4. The molecule has 0 spiro atoms. The van der Waals surface area contributed by atoms with E-state index in [1.807, 2.05) is 6.92 Å². The van der Waals surface area contributed by atoms with E-state index >= 15 is 0 Å². The minimum absolute atomic E-state index is 0.0164. The standard InChI is InChI=1S/C18H21N3O5S/c1-3-5-15-19-18(21-20-15)27-14(17(23)24)10-12-6-8-13(9-7-12)26-11-16(22)25-4-2/h6-10H,3-5,11H2,1-2H3,(H,23,24)(H,19,20,21)/p-1/b14-10-. The normalized spacial score (nSPS) is 11.3. The van der Waals surface area contributed by atoms with Crippen molar-refractivity contribution in [2.24, 2.45) is 0 Å². The number of thioether (sulfide) groups is 1. The lowest BCUT2D eigenvalue weighted by Gasteiger charge is -2.07. The highest BCUT2D eigenvalue weighted by Gasteiger charge is 2.09. The molecule has 0 fully saturated rings.